The minimum atomic E-state index is -4.67. The molecule has 0 radical (unpaired) electrons. The van der Waals surface area contributed by atoms with Crippen LogP contribution in [0.25, 0.3) is 27.6 Å². The Labute approximate surface area is 207 Å². The minimum Gasteiger partial charge on any atom is -0.379 e. The average Bonchev–Trinajstić information content (AvgIpc) is 2.83. The van der Waals surface area contributed by atoms with Crippen molar-refractivity contribution < 1.29 is 22.4 Å². The van der Waals surface area contributed by atoms with Gasteiger partial charge in [-0.3, -0.25) is 4.79 Å². The van der Waals surface area contributed by atoms with Crippen molar-refractivity contribution in [3.8, 4) is 11.3 Å². The lowest BCUT2D eigenvalue weighted by Gasteiger charge is -2.33. The fraction of sp³-hybridized carbons (Fsp3) is 0.333. The molecule has 0 aliphatic carbocycles. The van der Waals surface area contributed by atoms with Gasteiger partial charge in [0.2, 0.25) is 5.91 Å². The summed E-state index contributed by atoms with van der Waals surface area (Å²) in [6.45, 7) is 5.98. The van der Waals surface area contributed by atoms with Crippen molar-refractivity contribution in [1.29, 1.82) is 0 Å². The largest absolute Gasteiger partial charge is 0.417 e. The molecule has 2 heterocycles. The van der Waals surface area contributed by atoms with E-state index in [0.29, 0.717) is 35.3 Å². The van der Waals surface area contributed by atoms with E-state index in [1.54, 1.807) is 42.5 Å². The summed E-state index contributed by atoms with van der Waals surface area (Å²) in [6, 6.07) is 13.3. The normalized spacial score (nSPS) is 18.7. The highest BCUT2D eigenvalue weighted by molar-refractivity contribution is 6.01. The second-order valence-electron chi connectivity index (χ2n) is 9.16. The Bertz CT molecular complexity index is 1290. The standard InChI is InChI=1S/C27H28F4N4O/c1-16(27(29,30)31)26-20-8-5-9-23(33-24-10-11-35(3)15-22(24)28)21(20)13-25(34-26)19-7-4-6-18(12-19)14-32-17(2)36/h4-9,12-13,22,24,33H,1,10-11,14-15H2,2-3H3,(H,32,36)/t22-,24+/m0/s1. The smallest absolute Gasteiger partial charge is 0.379 e. The molecule has 0 saturated carbocycles. The number of rotatable bonds is 6. The zero-order valence-corrected chi connectivity index (χ0v) is 20.1. The van der Waals surface area contributed by atoms with Crippen molar-refractivity contribution >= 4 is 27.9 Å². The number of carbonyl (C=O) groups is 1. The highest BCUT2D eigenvalue weighted by atomic mass is 19.4. The van der Waals surface area contributed by atoms with E-state index in [9.17, 15) is 22.4 Å². The Morgan fingerprint density at radius 3 is 2.61 bits per heavy atom. The number of likely N-dealkylation sites (tertiary alicyclic amines) is 1. The number of piperidine rings is 1. The molecule has 4 rings (SSSR count). The Kier molecular flexibility index (Phi) is 7.31. The molecule has 5 nitrogen and oxygen atoms in total. The highest BCUT2D eigenvalue weighted by Gasteiger charge is 2.35. The number of aromatic nitrogens is 1. The summed E-state index contributed by atoms with van der Waals surface area (Å²) in [7, 11) is 1.85. The molecule has 1 saturated heterocycles. The molecule has 0 unspecified atom stereocenters. The molecule has 1 aromatic heterocycles. The summed E-state index contributed by atoms with van der Waals surface area (Å²) in [4.78, 5) is 17.6. The van der Waals surface area contributed by atoms with Gasteiger partial charge in [-0.25, -0.2) is 9.37 Å². The van der Waals surface area contributed by atoms with Gasteiger partial charge in [0.15, 0.2) is 0 Å². The highest BCUT2D eigenvalue weighted by Crippen LogP contribution is 2.39. The zero-order valence-electron chi connectivity index (χ0n) is 20.1. The van der Waals surface area contributed by atoms with Gasteiger partial charge in [-0.15, -0.1) is 0 Å². The van der Waals surface area contributed by atoms with Crippen molar-refractivity contribution in [3.63, 3.8) is 0 Å². The number of hydrogen-bond donors (Lipinski definition) is 2. The van der Waals surface area contributed by atoms with Crippen LogP contribution in [-0.4, -0.2) is 54.3 Å². The fourth-order valence-corrected chi connectivity index (χ4v) is 4.40. The molecule has 1 aliphatic heterocycles. The predicted octanol–water partition coefficient (Wildman–Crippen LogP) is 5.57. The Morgan fingerprint density at radius 2 is 1.92 bits per heavy atom. The molecule has 2 N–H and O–H groups in total. The molecule has 0 bridgehead atoms. The first-order chi connectivity index (χ1) is 17.0. The van der Waals surface area contributed by atoms with Gasteiger partial charge in [-0.05, 0) is 37.2 Å². The van der Waals surface area contributed by atoms with Gasteiger partial charge in [-0.2, -0.15) is 13.2 Å². The molecular weight excluding hydrogens is 472 g/mol. The van der Waals surface area contributed by atoms with Gasteiger partial charge >= 0.3 is 6.18 Å². The van der Waals surface area contributed by atoms with Gasteiger partial charge in [-0.1, -0.05) is 36.9 Å². The average molecular weight is 501 g/mol. The van der Waals surface area contributed by atoms with E-state index < -0.39 is 24.0 Å². The number of nitrogens with one attached hydrogen (secondary N) is 2. The fourth-order valence-electron chi connectivity index (χ4n) is 4.40. The van der Waals surface area contributed by atoms with Crippen molar-refractivity contribution in [2.45, 2.75) is 38.3 Å². The Hall–Kier alpha value is -3.46. The van der Waals surface area contributed by atoms with Crippen molar-refractivity contribution in [1.82, 2.24) is 15.2 Å². The molecule has 3 aromatic rings. The third kappa shape index (κ3) is 5.67. The van der Waals surface area contributed by atoms with E-state index in [1.165, 1.54) is 6.92 Å². The van der Waals surface area contributed by atoms with Gasteiger partial charge in [0.25, 0.3) is 0 Å². The van der Waals surface area contributed by atoms with E-state index >= 15 is 0 Å². The number of alkyl halides is 4. The number of carbonyl (C=O) groups excluding carboxylic acids is 1. The number of anilines is 1. The van der Waals surface area contributed by atoms with Crippen LogP contribution in [0.15, 0.2) is 55.1 Å². The van der Waals surface area contributed by atoms with Gasteiger partial charge in [0.05, 0.1) is 23.0 Å². The summed E-state index contributed by atoms with van der Waals surface area (Å²) in [5.41, 5.74) is 0.905. The van der Waals surface area contributed by atoms with E-state index in [0.717, 1.165) is 5.56 Å². The number of amides is 1. The second kappa shape index (κ2) is 10.3. The molecule has 190 valence electrons. The first kappa shape index (κ1) is 25.6. The Balaban J connectivity index is 1.83. The van der Waals surface area contributed by atoms with Crippen LogP contribution < -0.4 is 10.6 Å². The lowest BCUT2D eigenvalue weighted by atomic mass is 9.98. The van der Waals surface area contributed by atoms with Gasteiger partial charge in [0, 0.05) is 48.6 Å². The first-order valence-corrected chi connectivity index (χ1v) is 11.7. The molecular formula is C27H28F4N4O. The summed E-state index contributed by atoms with van der Waals surface area (Å²) < 4.78 is 56.0. The number of halogens is 4. The number of pyridine rings is 1. The number of benzene rings is 2. The van der Waals surface area contributed by atoms with Gasteiger partial charge in [0.1, 0.15) is 6.17 Å². The lowest BCUT2D eigenvalue weighted by molar-refractivity contribution is -0.119. The lowest BCUT2D eigenvalue weighted by Crippen LogP contribution is -2.46. The van der Waals surface area contributed by atoms with Crippen LogP contribution in [0.3, 0.4) is 0 Å². The van der Waals surface area contributed by atoms with Gasteiger partial charge < -0.3 is 15.5 Å². The minimum absolute atomic E-state index is 0.191. The SMILES string of the molecule is C=C(c1nc(-c2cccc(CNC(C)=O)c2)cc2c(N[C@@H]3CCN(C)C[C@@H]3F)cccc12)C(F)(F)F. The van der Waals surface area contributed by atoms with Crippen LogP contribution in [0.2, 0.25) is 0 Å². The monoisotopic (exact) mass is 500 g/mol. The summed E-state index contributed by atoms with van der Waals surface area (Å²) in [5.74, 6) is -0.191. The first-order valence-electron chi connectivity index (χ1n) is 11.7. The summed E-state index contributed by atoms with van der Waals surface area (Å²) >= 11 is 0. The number of fused-ring (bicyclic) bond motifs is 1. The van der Waals surface area contributed by atoms with Crippen LogP contribution in [0.4, 0.5) is 23.2 Å². The predicted molar refractivity (Wildman–Crippen MR) is 134 cm³/mol. The quantitative estimate of drug-likeness (QED) is 0.435. The van der Waals surface area contributed by atoms with E-state index in [4.69, 9.17) is 0 Å². The molecule has 0 spiro atoms. The maximum Gasteiger partial charge on any atom is 0.417 e. The van der Waals surface area contributed by atoms with E-state index in [2.05, 4.69) is 22.2 Å². The maximum absolute atomic E-state index is 14.8. The molecule has 2 aromatic carbocycles. The van der Waals surface area contributed by atoms with Crippen molar-refractivity contribution in [3.05, 3.63) is 66.4 Å². The van der Waals surface area contributed by atoms with Crippen LogP contribution >= 0.6 is 0 Å². The topological polar surface area (TPSA) is 57.3 Å². The van der Waals surface area contributed by atoms with Crippen LogP contribution in [0.5, 0.6) is 0 Å². The third-order valence-corrected chi connectivity index (χ3v) is 6.35. The second-order valence-corrected chi connectivity index (χ2v) is 9.16. The number of nitrogens with zero attached hydrogens (tertiary/aromatic N) is 2. The van der Waals surface area contributed by atoms with E-state index in [1.807, 2.05) is 18.0 Å². The van der Waals surface area contributed by atoms with Crippen molar-refractivity contribution in [2.24, 2.45) is 0 Å². The molecule has 9 heteroatoms. The van der Waals surface area contributed by atoms with Crippen molar-refractivity contribution in [2.75, 3.05) is 25.5 Å². The molecule has 1 aliphatic rings. The zero-order chi connectivity index (χ0) is 26.0. The summed E-state index contributed by atoms with van der Waals surface area (Å²) in [6.07, 6.45) is -5.22. The molecule has 1 fully saturated rings. The number of allylic oxidation sites excluding steroid dienone is 1. The maximum atomic E-state index is 14.8. The Morgan fingerprint density at radius 1 is 1.17 bits per heavy atom. The number of hydrogen-bond acceptors (Lipinski definition) is 4. The van der Waals surface area contributed by atoms with Crippen LogP contribution in [0, 0.1) is 0 Å². The molecule has 36 heavy (non-hydrogen) atoms. The molecule has 2 atom stereocenters. The van der Waals surface area contributed by atoms with E-state index in [-0.39, 0.29) is 30.1 Å². The summed E-state index contributed by atoms with van der Waals surface area (Å²) in [5, 5.41) is 6.73. The third-order valence-electron chi connectivity index (χ3n) is 6.35. The van der Waals surface area contributed by atoms with Crippen LogP contribution in [0.1, 0.15) is 24.6 Å². The van der Waals surface area contributed by atoms with Crippen LogP contribution in [-0.2, 0) is 11.3 Å². The molecule has 1 amide bonds.